The first-order valence-corrected chi connectivity index (χ1v) is 5.30. The van der Waals surface area contributed by atoms with Crippen LogP contribution in [0.1, 0.15) is 12.5 Å². The van der Waals surface area contributed by atoms with Gasteiger partial charge in [-0.3, -0.25) is 0 Å². The molecule has 1 rings (SSSR count). The van der Waals surface area contributed by atoms with E-state index in [9.17, 15) is 4.39 Å². The molecule has 0 radical (unpaired) electrons. The molecule has 0 aliphatic rings. The van der Waals surface area contributed by atoms with Crippen molar-refractivity contribution in [3.63, 3.8) is 0 Å². The number of nitrogens with two attached hydrogens (primary N) is 1. The molecule has 0 aromatic heterocycles. The summed E-state index contributed by atoms with van der Waals surface area (Å²) in [6.07, 6.45) is 0. The van der Waals surface area contributed by atoms with Crippen LogP contribution in [0.15, 0.2) is 22.7 Å². The normalized spacial score (nSPS) is 12.9. The summed E-state index contributed by atoms with van der Waals surface area (Å²) in [6, 6.07) is 5.25. The van der Waals surface area contributed by atoms with Gasteiger partial charge in [0.1, 0.15) is 5.82 Å². The third-order valence-electron chi connectivity index (χ3n) is 2.03. The van der Waals surface area contributed by atoms with E-state index in [4.69, 9.17) is 5.73 Å². The molecule has 0 amide bonds. The molecule has 1 atom stereocenters. The van der Waals surface area contributed by atoms with E-state index in [-0.39, 0.29) is 11.9 Å². The quantitative estimate of drug-likeness (QED) is 0.870. The molecule has 0 unspecified atom stereocenters. The fourth-order valence-corrected chi connectivity index (χ4v) is 1.46. The molecule has 3 N–H and O–H groups in total. The van der Waals surface area contributed by atoms with Crippen LogP contribution < -0.4 is 11.1 Å². The van der Waals surface area contributed by atoms with Gasteiger partial charge >= 0.3 is 0 Å². The maximum absolute atomic E-state index is 13.1. The van der Waals surface area contributed by atoms with Crippen LogP contribution in [0, 0.1) is 5.82 Å². The van der Waals surface area contributed by atoms with E-state index in [0.29, 0.717) is 17.6 Å². The number of halogens is 2. The average molecular weight is 261 g/mol. The Morgan fingerprint density at radius 1 is 1.57 bits per heavy atom. The first-order valence-electron chi connectivity index (χ1n) is 4.51. The molecule has 0 spiro atoms. The molecule has 0 aliphatic heterocycles. The number of rotatable bonds is 4. The highest BCUT2D eigenvalue weighted by Crippen LogP contribution is 2.20. The van der Waals surface area contributed by atoms with Gasteiger partial charge in [0.15, 0.2) is 0 Å². The van der Waals surface area contributed by atoms with E-state index in [2.05, 4.69) is 21.2 Å². The van der Waals surface area contributed by atoms with Gasteiger partial charge in [0, 0.05) is 19.1 Å². The summed E-state index contributed by atoms with van der Waals surface area (Å²) in [7, 11) is 0. The molecular formula is C10H14BrFN2. The zero-order valence-corrected chi connectivity index (χ0v) is 9.64. The molecule has 0 heterocycles. The molecule has 78 valence electrons. The van der Waals surface area contributed by atoms with Crippen molar-refractivity contribution in [1.82, 2.24) is 5.32 Å². The van der Waals surface area contributed by atoms with Crippen LogP contribution in [0.3, 0.4) is 0 Å². The Kier molecular flexibility index (Phi) is 4.51. The van der Waals surface area contributed by atoms with Gasteiger partial charge in [-0.05, 0) is 34.5 Å². The van der Waals surface area contributed by atoms with Gasteiger partial charge in [-0.25, -0.2) is 4.39 Å². The zero-order chi connectivity index (χ0) is 10.6. The van der Waals surface area contributed by atoms with E-state index >= 15 is 0 Å². The van der Waals surface area contributed by atoms with E-state index in [1.807, 2.05) is 13.0 Å². The molecule has 14 heavy (non-hydrogen) atoms. The lowest BCUT2D eigenvalue weighted by Gasteiger charge is -2.12. The van der Waals surface area contributed by atoms with Crippen molar-refractivity contribution in [3.05, 3.63) is 34.1 Å². The van der Waals surface area contributed by atoms with Gasteiger partial charge in [0.2, 0.25) is 0 Å². The monoisotopic (exact) mass is 260 g/mol. The molecule has 1 aromatic rings. The van der Waals surface area contributed by atoms with Crippen LogP contribution in [0.4, 0.5) is 4.39 Å². The lowest BCUT2D eigenvalue weighted by Crippen LogP contribution is -2.32. The second kappa shape index (κ2) is 5.44. The molecule has 0 aliphatic carbocycles. The summed E-state index contributed by atoms with van der Waals surface area (Å²) in [5.74, 6) is -0.232. The van der Waals surface area contributed by atoms with Gasteiger partial charge in [-0.1, -0.05) is 12.1 Å². The average Bonchev–Trinajstić information content (AvgIpc) is 2.20. The van der Waals surface area contributed by atoms with Gasteiger partial charge in [-0.15, -0.1) is 0 Å². The molecule has 0 saturated carbocycles. The Hall–Kier alpha value is -0.450. The molecule has 2 nitrogen and oxygen atoms in total. The number of hydrogen-bond acceptors (Lipinski definition) is 2. The summed E-state index contributed by atoms with van der Waals surface area (Å²) in [5.41, 5.74) is 6.36. The van der Waals surface area contributed by atoms with Crippen molar-refractivity contribution in [2.45, 2.75) is 19.5 Å². The molecule has 1 aromatic carbocycles. The summed E-state index contributed by atoms with van der Waals surface area (Å²) >= 11 is 3.21. The largest absolute Gasteiger partial charge is 0.329 e. The fourth-order valence-electron chi connectivity index (χ4n) is 1.05. The van der Waals surface area contributed by atoms with Gasteiger partial charge in [0.05, 0.1) is 4.47 Å². The fraction of sp³-hybridized carbons (Fsp3) is 0.400. The van der Waals surface area contributed by atoms with Crippen LogP contribution in [0.5, 0.6) is 0 Å². The minimum Gasteiger partial charge on any atom is -0.329 e. The summed E-state index contributed by atoms with van der Waals surface area (Å²) < 4.78 is 13.6. The van der Waals surface area contributed by atoms with Crippen LogP contribution in [-0.2, 0) is 6.54 Å². The van der Waals surface area contributed by atoms with Crippen molar-refractivity contribution in [2.24, 2.45) is 5.73 Å². The van der Waals surface area contributed by atoms with Gasteiger partial charge in [0.25, 0.3) is 0 Å². The van der Waals surface area contributed by atoms with Crippen molar-refractivity contribution in [1.29, 1.82) is 0 Å². The maximum atomic E-state index is 13.1. The van der Waals surface area contributed by atoms with Crippen LogP contribution >= 0.6 is 15.9 Å². The second-order valence-corrected chi connectivity index (χ2v) is 4.02. The maximum Gasteiger partial charge on any atom is 0.137 e. The number of benzene rings is 1. The van der Waals surface area contributed by atoms with E-state index < -0.39 is 0 Å². The van der Waals surface area contributed by atoms with Gasteiger partial charge in [-0.2, -0.15) is 0 Å². The first kappa shape index (κ1) is 11.6. The molecule has 4 heteroatoms. The lowest BCUT2D eigenvalue weighted by atomic mass is 10.2. The Balaban J connectivity index is 2.63. The summed E-state index contributed by atoms with van der Waals surface area (Å²) in [5, 5.41) is 3.19. The van der Waals surface area contributed by atoms with Crippen LogP contribution in [0.2, 0.25) is 0 Å². The van der Waals surface area contributed by atoms with Crippen LogP contribution in [-0.4, -0.2) is 12.6 Å². The highest BCUT2D eigenvalue weighted by atomic mass is 79.9. The lowest BCUT2D eigenvalue weighted by molar-refractivity contribution is 0.551. The molecule has 0 saturated heterocycles. The predicted octanol–water partition coefficient (Wildman–Crippen LogP) is 2.03. The van der Waals surface area contributed by atoms with Gasteiger partial charge < -0.3 is 11.1 Å². The Labute approximate surface area is 91.8 Å². The van der Waals surface area contributed by atoms with Crippen molar-refractivity contribution < 1.29 is 4.39 Å². The Bertz CT molecular complexity index is 304. The molecule has 0 bridgehead atoms. The van der Waals surface area contributed by atoms with E-state index in [1.165, 1.54) is 6.07 Å². The highest BCUT2D eigenvalue weighted by molar-refractivity contribution is 9.10. The van der Waals surface area contributed by atoms with Crippen LogP contribution in [0.25, 0.3) is 0 Å². The number of nitrogens with one attached hydrogen (secondary N) is 1. The highest BCUT2D eigenvalue weighted by Gasteiger charge is 2.05. The van der Waals surface area contributed by atoms with E-state index in [0.717, 1.165) is 5.56 Å². The molecular weight excluding hydrogens is 247 g/mol. The third-order valence-corrected chi connectivity index (χ3v) is 2.91. The third kappa shape index (κ3) is 3.04. The summed E-state index contributed by atoms with van der Waals surface area (Å²) in [4.78, 5) is 0. The summed E-state index contributed by atoms with van der Waals surface area (Å²) in [6.45, 7) is 3.19. The first-order chi connectivity index (χ1) is 6.65. The topological polar surface area (TPSA) is 38.0 Å². The minimum atomic E-state index is -0.232. The number of hydrogen-bond donors (Lipinski definition) is 2. The minimum absolute atomic E-state index is 0.232. The van der Waals surface area contributed by atoms with Crippen molar-refractivity contribution in [2.75, 3.05) is 6.54 Å². The molecule has 0 fully saturated rings. The van der Waals surface area contributed by atoms with Crippen molar-refractivity contribution >= 4 is 15.9 Å². The Morgan fingerprint density at radius 3 is 2.93 bits per heavy atom. The SMILES string of the molecule is C[C@@H](CN)NCc1cccc(F)c1Br. The second-order valence-electron chi connectivity index (χ2n) is 3.23. The van der Waals surface area contributed by atoms with Crippen molar-refractivity contribution in [3.8, 4) is 0 Å². The predicted molar refractivity (Wildman–Crippen MR) is 59.5 cm³/mol. The zero-order valence-electron chi connectivity index (χ0n) is 8.06. The smallest absolute Gasteiger partial charge is 0.137 e. The Morgan fingerprint density at radius 2 is 2.29 bits per heavy atom. The standard InChI is InChI=1S/C10H14BrFN2/c1-7(5-13)14-6-8-3-2-4-9(12)10(8)11/h2-4,7,14H,5-6,13H2,1H3/t7-/m0/s1. The van der Waals surface area contributed by atoms with E-state index in [1.54, 1.807) is 6.07 Å².